The first-order chi connectivity index (χ1) is 9.33. The summed E-state index contributed by atoms with van der Waals surface area (Å²) in [5, 5.41) is 7.00. The summed E-state index contributed by atoms with van der Waals surface area (Å²) in [5.74, 6) is 0.923. The fourth-order valence-electron chi connectivity index (χ4n) is 1.74. The smallest absolute Gasteiger partial charge is 0.126 e. The normalized spacial score (nSPS) is 8.42. The molecule has 2 aromatic carbocycles. The second-order valence-corrected chi connectivity index (χ2v) is 3.52. The summed E-state index contributed by atoms with van der Waals surface area (Å²) in [6.45, 7) is 4.11. The number of methoxy groups -OCH3 is 1. The summed E-state index contributed by atoms with van der Waals surface area (Å²) in [5.41, 5.74) is 3.65. The molecule has 0 aliphatic carbocycles. The van der Waals surface area contributed by atoms with Crippen molar-refractivity contribution in [3.63, 3.8) is 0 Å². The molecule has 102 valence electrons. The molecule has 0 amide bonds. The van der Waals surface area contributed by atoms with Gasteiger partial charge in [-0.2, -0.15) is 0 Å². The number of aryl methyl sites for hydroxylation is 1. The van der Waals surface area contributed by atoms with Crippen LogP contribution in [0, 0.1) is 6.92 Å². The van der Waals surface area contributed by atoms with Gasteiger partial charge in [0, 0.05) is 12.7 Å². The molecule has 0 unspecified atom stereocenters. The maximum atomic E-state index is 8.00. The lowest BCUT2D eigenvalue weighted by atomic mass is 10.00. The molecule has 3 heteroatoms. The third-order valence-corrected chi connectivity index (χ3v) is 2.54. The fraction of sp³-hybridized carbons (Fsp3) is 0.188. The Labute approximate surface area is 114 Å². The highest BCUT2D eigenvalue weighted by molar-refractivity contribution is 5.73. The molecule has 19 heavy (non-hydrogen) atoms. The van der Waals surface area contributed by atoms with E-state index in [0.717, 1.165) is 18.4 Å². The number of aliphatic hydroxyl groups is 1. The molecule has 0 atom stereocenters. The molecule has 1 N–H and O–H groups in total. The van der Waals surface area contributed by atoms with E-state index in [-0.39, 0.29) is 0 Å². The molecule has 0 heterocycles. The highest BCUT2D eigenvalue weighted by Gasteiger charge is 2.05. The molecule has 0 saturated carbocycles. The topological polar surface area (TPSA) is 46.5 Å². The summed E-state index contributed by atoms with van der Waals surface area (Å²) in [6.07, 6.45) is 0. The molecule has 0 fully saturated rings. The van der Waals surface area contributed by atoms with Crippen molar-refractivity contribution < 1.29 is 14.6 Å². The lowest BCUT2D eigenvalue weighted by Crippen LogP contribution is -1.88. The monoisotopic (exact) mass is 260 g/mol. The quantitative estimate of drug-likeness (QED) is 0.902. The fourth-order valence-corrected chi connectivity index (χ4v) is 1.74. The van der Waals surface area contributed by atoms with Gasteiger partial charge in [-0.05, 0) is 24.1 Å². The Balaban J connectivity index is 0.000000741. The first-order valence-electron chi connectivity index (χ1n) is 5.75. The second kappa shape index (κ2) is 9.85. The Kier molecular flexibility index (Phi) is 8.75. The Hall–Kier alpha value is -2.13. The minimum atomic E-state index is 0.923. The van der Waals surface area contributed by atoms with Gasteiger partial charge in [-0.3, -0.25) is 0 Å². The van der Waals surface area contributed by atoms with E-state index in [1.165, 1.54) is 11.1 Å². The summed E-state index contributed by atoms with van der Waals surface area (Å²) < 4.78 is 5.35. The maximum Gasteiger partial charge on any atom is 0.126 e. The second-order valence-electron chi connectivity index (χ2n) is 3.52. The molecular formula is C16H20O3. The van der Waals surface area contributed by atoms with Crippen molar-refractivity contribution >= 4 is 6.79 Å². The summed E-state index contributed by atoms with van der Waals surface area (Å²) >= 11 is 0. The lowest BCUT2D eigenvalue weighted by Gasteiger charge is -2.10. The Morgan fingerprint density at radius 1 is 0.895 bits per heavy atom. The van der Waals surface area contributed by atoms with Crippen LogP contribution in [0.3, 0.4) is 0 Å². The average molecular weight is 260 g/mol. The first kappa shape index (κ1) is 16.9. The number of hydrogen-bond acceptors (Lipinski definition) is 3. The SMILES string of the molecule is C=O.CO.COc1ccccc1-c1ccccc1C. The molecule has 0 aliphatic rings. The molecular weight excluding hydrogens is 240 g/mol. The Morgan fingerprint density at radius 3 is 1.89 bits per heavy atom. The number of ether oxygens (including phenoxy) is 1. The minimum absolute atomic E-state index is 0.923. The van der Waals surface area contributed by atoms with Gasteiger partial charge in [0.2, 0.25) is 0 Å². The number of para-hydroxylation sites is 1. The van der Waals surface area contributed by atoms with Crippen molar-refractivity contribution in [2.45, 2.75) is 6.92 Å². The number of benzene rings is 2. The Morgan fingerprint density at radius 2 is 1.37 bits per heavy atom. The molecule has 2 rings (SSSR count). The largest absolute Gasteiger partial charge is 0.496 e. The molecule has 0 spiro atoms. The van der Waals surface area contributed by atoms with Gasteiger partial charge in [0.1, 0.15) is 12.5 Å². The van der Waals surface area contributed by atoms with Crippen LogP contribution >= 0.6 is 0 Å². The number of aliphatic hydroxyl groups excluding tert-OH is 1. The van der Waals surface area contributed by atoms with E-state index in [0.29, 0.717) is 0 Å². The van der Waals surface area contributed by atoms with Crippen LogP contribution in [0.15, 0.2) is 48.5 Å². The molecule has 0 aromatic heterocycles. The number of hydrogen-bond donors (Lipinski definition) is 1. The molecule has 0 bridgehead atoms. The van der Waals surface area contributed by atoms with Crippen LogP contribution in [0.4, 0.5) is 0 Å². The minimum Gasteiger partial charge on any atom is -0.496 e. The third-order valence-electron chi connectivity index (χ3n) is 2.54. The summed E-state index contributed by atoms with van der Waals surface area (Å²) in [4.78, 5) is 8.00. The van der Waals surface area contributed by atoms with E-state index in [9.17, 15) is 0 Å². The van der Waals surface area contributed by atoms with Crippen LogP contribution in [-0.4, -0.2) is 26.1 Å². The van der Waals surface area contributed by atoms with Crippen LogP contribution < -0.4 is 4.74 Å². The van der Waals surface area contributed by atoms with Crippen molar-refractivity contribution in [3.05, 3.63) is 54.1 Å². The van der Waals surface area contributed by atoms with Gasteiger partial charge in [0.15, 0.2) is 0 Å². The highest BCUT2D eigenvalue weighted by Crippen LogP contribution is 2.31. The zero-order valence-electron chi connectivity index (χ0n) is 11.6. The van der Waals surface area contributed by atoms with Gasteiger partial charge in [-0.25, -0.2) is 0 Å². The van der Waals surface area contributed by atoms with Crippen molar-refractivity contribution in [1.82, 2.24) is 0 Å². The predicted molar refractivity (Wildman–Crippen MR) is 78.4 cm³/mol. The van der Waals surface area contributed by atoms with Gasteiger partial charge < -0.3 is 14.6 Å². The number of carbonyl (C=O) groups is 1. The van der Waals surface area contributed by atoms with Crippen LogP contribution in [0.1, 0.15) is 5.56 Å². The maximum absolute atomic E-state index is 8.00. The molecule has 2 aromatic rings. The van der Waals surface area contributed by atoms with Gasteiger partial charge in [-0.15, -0.1) is 0 Å². The van der Waals surface area contributed by atoms with Crippen LogP contribution in [0.2, 0.25) is 0 Å². The molecule has 3 nitrogen and oxygen atoms in total. The third kappa shape index (κ3) is 4.56. The zero-order chi connectivity index (χ0) is 14.7. The predicted octanol–water partition coefficient (Wildman–Crippen LogP) is 3.09. The Bertz CT molecular complexity index is 481. The van der Waals surface area contributed by atoms with E-state index < -0.39 is 0 Å². The molecule has 0 radical (unpaired) electrons. The summed E-state index contributed by atoms with van der Waals surface area (Å²) in [6, 6.07) is 16.4. The van der Waals surface area contributed by atoms with Crippen molar-refractivity contribution in [2.75, 3.05) is 14.2 Å². The van der Waals surface area contributed by atoms with E-state index >= 15 is 0 Å². The number of rotatable bonds is 2. The molecule has 0 aliphatic heterocycles. The van der Waals surface area contributed by atoms with E-state index in [2.05, 4.69) is 31.2 Å². The lowest BCUT2D eigenvalue weighted by molar-refractivity contribution is -0.0979. The highest BCUT2D eigenvalue weighted by atomic mass is 16.5. The summed E-state index contributed by atoms with van der Waals surface area (Å²) in [7, 11) is 2.71. The van der Waals surface area contributed by atoms with Crippen LogP contribution in [-0.2, 0) is 4.79 Å². The van der Waals surface area contributed by atoms with E-state index in [1.807, 2.05) is 31.1 Å². The first-order valence-corrected chi connectivity index (χ1v) is 5.75. The molecule has 0 saturated heterocycles. The van der Waals surface area contributed by atoms with E-state index in [4.69, 9.17) is 14.6 Å². The van der Waals surface area contributed by atoms with Gasteiger partial charge >= 0.3 is 0 Å². The number of carbonyl (C=O) groups excluding carboxylic acids is 1. The van der Waals surface area contributed by atoms with Crippen molar-refractivity contribution in [3.8, 4) is 16.9 Å². The zero-order valence-corrected chi connectivity index (χ0v) is 11.6. The standard InChI is InChI=1S/C14H14O.CH4O.CH2O/c1-11-7-3-4-8-12(11)13-9-5-6-10-14(13)15-2;2*1-2/h3-10H,1-2H3;2H,1H3;1H2. The van der Waals surface area contributed by atoms with Gasteiger partial charge in [0.25, 0.3) is 0 Å². The van der Waals surface area contributed by atoms with Crippen molar-refractivity contribution in [1.29, 1.82) is 0 Å². The van der Waals surface area contributed by atoms with E-state index in [1.54, 1.807) is 7.11 Å². The van der Waals surface area contributed by atoms with Gasteiger partial charge in [-0.1, -0.05) is 42.5 Å². The van der Waals surface area contributed by atoms with Gasteiger partial charge in [0.05, 0.1) is 7.11 Å². The van der Waals surface area contributed by atoms with Crippen molar-refractivity contribution in [2.24, 2.45) is 0 Å². The van der Waals surface area contributed by atoms with Crippen LogP contribution in [0.25, 0.3) is 11.1 Å². The van der Waals surface area contributed by atoms with Crippen LogP contribution in [0.5, 0.6) is 5.75 Å². The average Bonchev–Trinajstić information content (AvgIpc) is 2.52.